The van der Waals surface area contributed by atoms with Crippen molar-refractivity contribution in [1.29, 1.82) is 0 Å². The molecule has 0 fully saturated rings. The monoisotopic (exact) mass is 268 g/mol. The topological polar surface area (TPSA) is 63.8 Å². The normalized spacial score (nSPS) is 11.4. The minimum Gasteiger partial charge on any atom is -0.388 e. The number of nitrogen functional groups attached to an aromatic ring is 1. The van der Waals surface area contributed by atoms with Crippen molar-refractivity contribution in [3.63, 3.8) is 0 Å². The molecule has 0 amide bonds. The lowest BCUT2D eigenvalue weighted by Gasteiger charge is -2.12. The fourth-order valence-electron chi connectivity index (χ4n) is 1.64. The zero-order valence-electron chi connectivity index (χ0n) is 9.99. The summed E-state index contributed by atoms with van der Waals surface area (Å²) in [5.41, 5.74) is 6.01. The Hall–Kier alpha value is -2.31. The lowest BCUT2D eigenvalue weighted by atomic mass is 10.1. The Kier molecular flexibility index (Phi) is 3.28. The molecule has 1 aromatic heterocycles. The molecule has 0 aliphatic carbocycles. The van der Waals surface area contributed by atoms with Crippen LogP contribution in [-0.4, -0.2) is 17.2 Å². The Morgan fingerprint density at radius 2 is 1.84 bits per heavy atom. The van der Waals surface area contributed by atoms with Gasteiger partial charge in [-0.3, -0.25) is 0 Å². The summed E-state index contributed by atoms with van der Waals surface area (Å²) in [5.74, 6) is 0.252. The van der Waals surface area contributed by atoms with E-state index in [2.05, 4.69) is 15.5 Å². The van der Waals surface area contributed by atoms with Crippen LogP contribution >= 0.6 is 0 Å². The number of benzene rings is 1. The van der Waals surface area contributed by atoms with E-state index in [0.29, 0.717) is 16.9 Å². The number of nitrogens with zero attached hydrogens (tertiary/aromatic N) is 2. The molecule has 0 bridgehead atoms. The van der Waals surface area contributed by atoms with Crippen LogP contribution < -0.4 is 11.1 Å². The fraction of sp³-hybridized carbons (Fsp3) is 0.167. The standard InChI is InChI=1S/C12H11F3N4/c1-17-10-6-7(12(13,14)15)2-3-8(10)9-4-5-11(16)19-18-9/h2-6,17H,1H3,(H2,16,19). The van der Waals surface area contributed by atoms with Gasteiger partial charge >= 0.3 is 6.18 Å². The third-order valence-corrected chi connectivity index (χ3v) is 2.58. The van der Waals surface area contributed by atoms with Gasteiger partial charge in [-0.1, -0.05) is 6.07 Å². The van der Waals surface area contributed by atoms with Crippen LogP contribution in [0.2, 0.25) is 0 Å². The first-order valence-corrected chi connectivity index (χ1v) is 5.40. The summed E-state index contributed by atoms with van der Waals surface area (Å²) in [5, 5.41) is 10.3. The molecule has 100 valence electrons. The van der Waals surface area contributed by atoms with Crippen LogP contribution in [0.25, 0.3) is 11.3 Å². The van der Waals surface area contributed by atoms with Crippen LogP contribution in [-0.2, 0) is 6.18 Å². The lowest BCUT2D eigenvalue weighted by Crippen LogP contribution is -2.06. The van der Waals surface area contributed by atoms with E-state index in [0.717, 1.165) is 12.1 Å². The van der Waals surface area contributed by atoms with E-state index in [4.69, 9.17) is 5.73 Å². The highest BCUT2D eigenvalue weighted by molar-refractivity contribution is 5.76. The second kappa shape index (κ2) is 4.75. The van der Waals surface area contributed by atoms with Crippen molar-refractivity contribution in [2.24, 2.45) is 0 Å². The number of nitrogens with one attached hydrogen (secondary N) is 1. The van der Waals surface area contributed by atoms with E-state index in [1.165, 1.54) is 6.07 Å². The molecule has 1 aromatic carbocycles. The lowest BCUT2D eigenvalue weighted by molar-refractivity contribution is -0.137. The fourth-order valence-corrected chi connectivity index (χ4v) is 1.64. The van der Waals surface area contributed by atoms with Gasteiger partial charge in [0.2, 0.25) is 0 Å². The molecule has 2 rings (SSSR count). The Morgan fingerprint density at radius 1 is 1.11 bits per heavy atom. The van der Waals surface area contributed by atoms with Gasteiger partial charge in [0.05, 0.1) is 11.3 Å². The van der Waals surface area contributed by atoms with Gasteiger partial charge in [-0.25, -0.2) is 0 Å². The number of rotatable bonds is 2. The first kappa shape index (κ1) is 13.1. The van der Waals surface area contributed by atoms with Crippen molar-refractivity contribution >= 4 is 11.5 Å². The first-order chi connectivity index (χ1) is 8.91. The zero-order chi connectivity index (χ0) is 14.0. The molecule has 1 heterocycles. The highest BCUT2D eigenvalue weighted by Gasteiger charge is 2.31. The molecular formula is C12H11F3N4. The maximum atomic E-state index is 12.6. The smallest absolute Gasteiger partial charge is 0.388 e. The van der Waals surface area contributed by atoms with E-state index in [-0.39, 0.29) is 5.82 Å². The molecular weight excluding hydrogens is 257 g/mol. The maximum Gasteiger partial charge on any atom is 0.416 e. The van der Waals surface area contributed by atoms with Crippen molar-refractivity contribution < 1.29 is 13.2 Å². The quantitative estimate of drug-likeness (QED) is 0.879. The Bertz CT molecular complexity index is 579. The van der Waals surface area contributed by atoms with Gasteiger partial charge in [-0.2, -0.15) is 13.2 Å². The predicted molar refractivity (Wildman–Crippen MR) is 66.4 cm³/mol. The summed E-state index contributed by atoms with van der Waals surface area (Å²) in [6, 6.07) is 6.54. The van der Waals surface area contributed by atoms with Gasteiger partial charge in [-0.15, -0.1) is 10.2 Å². The largest absolute Gasteiger partial charge is 0.416 e. The number of anilines is 2. The van der Waals surface area contributed by atoms with Crippen LogP contribution in [0.4, 0.5) is 24.7 Å². The number of hydrogen-bond acceptors (Lipinski definition) is 4. The molecule has 2 aromatic rings. The molecule has 0 unspecified atom stereocenters. The number of halogens is 3. The minimum absolute atomic E-state index is 0.252. The predicted octanol–water partition coefficient (Wildman–Crippen LogP) is 2.79. The van der Waals surface area contributed by atoms with E-state index in [1.54, 1.807) is 19.2 Å². The average Bonchev–Trinajstić information content (AvgIpc) is 2.38. The van der Waals surface area contributed by atoms with Crippen molar-refractivity contribution in [3.8, 4) is 11.3 Å². The van der Waals surface area contributed by atoms with Gasteiger partial charge in [-0.05, 0) is 24.3 Å². The molecule has 0 saturated heterocycles. The van der Waals surface area contributed by atoms with Crippen LogP contribution in [0.1, 0.15) is 5.56 Å². The van der Waals surface area contributed by atoms with Crippen molar-refractivity contribution in [3.05, 3.63) is 35.9 Å². The third kappa shape index (κ3) is 2.75. The van der Waals surface area contributed by atoms with Gasteiger partial charge in [0, 0.05) is 18.3 Å². The van der Waals surface area contributed by atoms with E-state index < -0.39 is 11.7 Å². The Morgan fingerprint density at radius 3 is 2.37 bits per heavy atom. The average molecular weight is 268 g/mol. The number of nitrogens with two attached hydrogens (primary N) is 1. The Labute approximate surface area is 107 Å². The second-order valence-electron chi connectivity index (χ2n) is 3.85. The number of hydrogen-bond donors (Lipinski definition) is 2. The van der Waals surface area contributed by atoms with Crippen LogP contribution in [0, 0.1) is 0 Å². The van der Waals surface area contributed by atoms with Crippen LogP contribution in [0.5, 0.6) is 0 Å². The van der Waals surface area contributed by atoms with Crippen molar-refractivity contribution in [2.45, 2.75) is 6.18 Å². The summed E-state index contributed by atoms with van der Waals surface area (Å²) in [7, 11) is 1.55. The molecule has 0 spiro atoms. The zero-order valence-corrected chi connectivity index (χ0v) is 9.99. The van der Waals surface area contributed by atoms with Crippen molar-refractivity contribution in [2.75, 3.05) is 18.1 Å². The van der Waals surface area contributed by atoms with Gasteiger partial charge in [0.25, 0.3) is 0 Å². The summed E-state index contributed by atoms with van der Waals surface area (Å²) in [6.07, 6.45) is -4.38. The highest BCUT2D eigenvalue weighted by Crippen LogP contribution is 2.35. The SMILES string of the molecule is CNc1cc(C(F)(F)F)ccc1-c1ccc(N)nn1. The van der Waals surface area contributed by atoms with Gasteiger partial charge in [0.15, 0.2) is 0 Å². The molecule has 3 N–H and O–H groups in total. The molecule has 0 aliphatic rings. The molecule has 7 heteroatoms. The summed E-state index contributed by atoms with van der Waals surface area (Å²) < 4.78 is 37.9. The second-order valence-corrected chi connectivity index (χ2v) is 3.85. The van der Waals surface area contributed by atoms with E-state index in [9.17, 15) is 13.2 Å². The van der Waals surface area contributed by atoms with E-state index in [1.807, 2.05) is 0 Å². The Balaban J connectivity index is 2.50. The van der Waals surface area contributed by atoms with E-state index >= 15 is 0 Å². The number of alkyl halides is 3. The summed E-state index contributed by atoms with van der Waals surface area (Å²) in [6.45, 7) is 0. The number of aromatic nitrogens is 2. The van der Waals surface area contributed by atoms with Gasteiger partial charge < -0.3 is 11.1 Å². The molecule has 0 aliphatic heterocycles. The molecule has 0 radical (unpaired) electrons. The summed E-state index contributed by atoms with van der Waals surface area (Å²) in [4.78, 5) is 0. The van der Waals surface area contributed by atoms with Crippen molar-refractivity contribution in [1.82, 2.24) is 10.2 Å². The molecule has 4 nitrogen and oxygen atoms in total. The summed E-state index contributed by atoms with van der Waals surface area (Å²) >= 11 is 0. The van der Waals surface area contributed by atoms with Crippen LogP contribution in [0.3, 0.4) is 0 Å². The van der Waals surface area contributed by atoms with Crippen LogP contribution in [0.15, 0.2) is 30.3 Å². The highest BCUT2D eigenvalue weighted by atomic mass is 19.4. The third-order valence-electron chi connectivity index (χ3n) is 2.58. The first-order valence-electron chi connectivity index (χ1n) is 5.40. The molecule has 0 atom stereocenters. The molecule has 0 saturated carbocycles. The minimum atomic E-state index is -4.38. The molecule has 19 heavy (non-hydrogen) atoms. The maximum absolute atomic E-state index is 12.6. The van der Waals surface area contributed by atoms with Gasteiger partial charge in [0.1, 0.15) is 5.82 Å².